The molecule has 0 saturated carbocycles. The quantitative estimate of drug-likeness (QED) is 0.613. The Balaban J connectivity index is -0.0000000215. The van der Waals surface area contributed by atoms with Crippen molar-refractivity contribution in [3.63, 3.8) is 0 Å². The summed E-state index contributed by atoms with van der Waals surface area (Å²) in [6.07, 6.45) is 3.54. The summed E-state index contributed by atoms with van der Waals surface area (Å²) in [6.45, 7) is 6.04. The van der Waals surface area contributed by atoms with Crippen LogP contribution >= 0.6 is 0 Å². The van der Waals surface area contributed by atoms with Gasteiger partial charge in [-0.1, -0.05) is 50.0 Å². The van der Waals surface area contributed by atoms with Gasteiger partial charge in [-0.15, -0.1) is 0 Å². The number of unbranched alkanes of at least 4 members (excludes halogenated alkanes) is 1. The third kappa shape index (κ3) is 81.7. The maximum Gasteiger partial charge on any atom is 0.0462 e. The Morgan fingerprint density at radius 3 is 1.13 bits per heavy atom. The first-order valence-electron chi connectivity index (χ1n) is 4.31. The minimum absolute atomic E-state index is 0. The van der Waals surface area contributed by atoms with Crippen LogP contribution in [0.5, 0.6) is 0 Å². The van der Waals surface area contributed by atoms with E-state index in [1.54, 1.807) is 14.2 Å². The minimum Gasteiger partial charge on any atom is -0.385 e. The molecule has 15 heavy (non-hydrogen) atoms. The summed E-state index contributed by atoms with van der Waals surface area (Å²) >= 11 is 0. The van der Waals surface area contributed by atoms with Crippen molar-refractivity contribution in [3.8, 4) is 0 Å². The van der Waals surface area contributed by atoms with Gasteiger partial charge in [0.25, 0.3) is 0 Å². The Hall–Kier alpha value is -0.0800. The Kier molecular flexibility index (Phi) is 118. The van der Waals surface area contributed by atoms with Crippen molar-refractivity contribution >= 4 is 0 Å². The average Bonchev–Trinajstić information content (AvgIpc) is 2.04. The van der Waals surface area contributed by atoms with Gasteiger partial charge in [0.2, 0.25) is 0 Å². The molecule has 2 heteroatoms. The fourth-order valence-electron chi connectivity index (χ4n) is 0.493. The van der Waals surface area contributed by atoms with Crippen molar-refractivity contribution in [2.75, 3.05) is 27.4 Å². The fourth-order valence-corrected chi connectivity index (χ4v) is 0.493. The zero-order chi connectivity index (χ0) is 8.95. The zero-order valence-electron chi connectivity index (χ0n) is 8.35. The topological polar surface area (TPSA) is 18.5 Å². The summed E-state index contributed by atoms with van der Waals surface area (Å²) in [6, 6.07) is 0. The molecule has 0 aliphatic rings. The molecule has 0 spiro atoms. The van der Waals surface area contributed by atoms with E-state index in [0.717, 1.165) is 19.6 Å². The minimum atomic E-state index is 0. The SMILES string of the molecule is C.C.C.C.CCCCOC.CCCOC. The lowest BCUT2D eigenvalue weighted by Gasteiger charge is -1.89. The van der Waals surface area contributed by atoms with Crippen LogP contribution in [0, 0.1) is 0 Å². The second-order valence-electron chi connectivity index (χ2n) is 2.34. The molecule has 0 amide bonds. The smallest absolute Gasteiger partial charge is 0.0462 e. The predicted octanol–water partition coefficient (Wildman–Crippen LogP) is 5.02. The van der Waals surface area contributed by atoms with Gasteiger partial charge in [-0.25, -0.2) is 0 Å². The van der Waals surface area contributed by atoms with Gasteiger partial charge in [-0.3, -0.25) is 0 Å². The van der Waals surface area contributed by atoms with Gasteiger partial charge in [0, 0.05) is 27.4 Å². The predicted molar refractivity (Wildman–Crippen MR) is 75.9 cm³/mol. The van der Waals surface area contributed by atoms with E-state index in [4.69, 9.17) is 9.47 Å². The lowest BCUT2D eigenvalue weighted by Crippen LogP contribution is -1.84. The van der Waals surface area contributed by atoms with Crippen LogP contribution in [0.4, 0.5) is 0 Å². The van der Waals surface area contributed by atoms with Crippen LogP contribution in [-0.4, -0.2) is 27.4 Å². The lowest BCUT2D eigenvalue weighted by atomic mass is 10.4. The molecule has 102 valence electrons. The van der Waals surface area contributed by atoms with Crippen LogP contribution in [0.3, 0.4) is 0 Å². The number of hydrogen-bond donors (Lipinski definition) is 0. The molecule has 0 saturated heterocycles. The van der Waals surface area contributed by atoms with Gasteiger partial charge in [0.05, 0.1) is 0 Å². The first-order chi connectivity index (χ1) is 5.33. The summed E-state index contributed by atoms with van der Waals surface area (Å²) in [5.74, 6) is 0. The van der Waals surface area contributed by atoms with Gasteiger partial charge in [0.15, 0.2) is 0 Å². The highest BCUT2D eigenvalue weighted by atomic mass is 16.5. The zero-order valence-corrected chi connectivity index (χ0v) is 8.35. The highest BCUT2D eigenvalue weighted by molar-refractivity contribution is 4.26. The van der Waals surface area contributed by atoms with Crippen molar-refractivity contribution in [1.82, 2.24) is 0 Å². The number of ether oxygens (including phenoxy) is 2. The highest BCUT2D eigenvalue weighted by Gasteiger charge is 1.74. The van der Waals surface area contributed by atoms with Crippen molar-refractivity contribution in [3.05, 3.63) is 0 Å². The van der Waals surface area contributed by atoms with Gasteiger partial charge >= 0.3 is 0 Å². The van der Waals surface area contributed by atoms with E-state index in [0.29, 0.717) is 0 Å². The van der Waals surface area contributed by atoms with E-state index in [2.05, 4.69) is 13.8 Å². The molecule has 0 radical (unpaired) electrons. The first-order valence-corrected chi connectivity index (χ1v) is 4.31. The normalized spacial score (nSPS) is 6.40. The Morgan fingerprint density at radius 2 is 1.07 bits per heavy atom. The second-order valence-corrected chi connectivity index (χ2v) is 2.34. The third-order valence-electron chi connectivity index (χ3n) is 1.11. The number of rotatable bonds is 5. The third-order valence-corrected chi connectivity index (χ3v) is 1.11. The summed E-state index contributed by atoms with van der Waals surface area (Å²) < 4.78 is 9.47. The summed E-state index contributed by atoms with van der Waals surface area (Å²) in [5, 5.41) is 0. The van der Waals surface area contributed by atoms with Crippen LogP contribution in [0.25, 0.3) is 0 Å². The molecule has 0 rings (SSSR count). The first kappa shape index (κ1) is 36.3. The van der Waals surface area contributed by atoms with E-state index in [9.17, 15) is 0 Å². The molecule has 0 aliphatic heterocycles. The van der Waals surface area contributed by atoms with Gasteiger partial charge in [-0.2, -0.15) is 0 Å². The van der Waals surface area contributed by atoms with Crippen molar-refractivity contribution in [1.29, 1.82) is 0 Å². The van der Waals surface area contributed by atoms with Crippen LogP contribution in [0.2, 0.25) is 0 Å². The average molecular weight is 226 g/mol. The monoisotopic (exact) mass is 226 g/mol. The van der Waals surface area contributed by atoms with E-state index in [1.807, 2.05) is 0 Å². The molecule has 0 bridgehead atoms. The van der Waals surface area contributed by atoms with E-state index in [1.165, 1.54) is 12.8 Å². The molecule has 0 aliphatic carbocycles. The standard InChI is InChI=1S/C5H12O.C4H10O.4CH4/c1-3-4-5-6-2;1-3-4-5-2;;;;/h3-5H2,1-2H3;3-4H2,1-2H3;4*1H4. The number of methoxy groups -OCH3 is 2. The summed E-state index contributed by atoms with van der Waals surface area (Å²) in [7, 11) is 3.44. The highest BCUT2D eigenvalue weighted by Crippen LogP contribution is 1.83. The molecule has 0 fully saturated rings. The maximum atomic E-state index is 4.78. The Labute approximate surface area is 100 Å². The van der Waals surface area contributed by atoms with Gasteiger partial charge < -0.3 is 9.47 Å². The number of hydrogen-bond acceptors (Lipinski definition) is 2. The molecular formula is C13H38O2. The lowest BCUT2D eigenvalue weighted by molar-refractivity contribution is 0.194. The van der Waals surface area contributed by atoms with Crippen LogP contribution in [0.1, 0.15) is 62.8 Å². The Bertz CT molecular complexity index is 41.8. The molecule has 0 heterocycles. The molecule has 0 N–H and O–H groups in total. The largest absolute Gasteiger partial charge is 0.385 e. The van der Waals surface area contributed by atoms with Gasteiger partial charge in [-0.05, 0) is 12.8 Å². The molecule has 0 atom stereocenters. The van der Waals surface area contributed by atoms with Crippen LogP contribution in [-0.2, 0) is 9.47 Å². The van der Waals surface area contributed by atoms with E-state index < -0.39 is 0 Å². The molecular weight excluding hydrogens is 188 g/mol. The van der Waals surface area contributed by atoms with Crippen LogP contribution < -0.4 is 0 Å². The van der Waals surface area contributed by atoms with Crippen molar-refractivity contribution < 1.29 is 9.47 Å². The molecule has 0 aromatic rings. The maximum absolute atomic E-state index is 4.78. The fraction of sp³-hybridized carbons (Fsp3) is 1.00. The van der Waals surface area contributed by atoms with Gasteiger partial charge in [0.1, 0.15) is 0 Å². The van der Waals surface area contributed by atoms with Crippen molar-refractivity contribution in [2.24, 2.45) is 0 Å². The van der Waals surface area contributed by atoms with E-state index >= 15 is 0 Å². The van der Waals surface area contributed by atoms with Crippen LogP contribution in [0.15, 0.2) is 0 Å². The molecule has 2 nitrogen and oxygen atoms in total. The van der Waals surface area contributed by atoms with Crippen molar-refractivity contribution in [2.45, 2.75) is 62.8 Å². The molecule has 0 aromatic heterocycles. The second kappa shape index (κ2) is 48.5. The summed E-state index contributed by atoms with van der Waals surface area (Å²) in [5.41, 5.74) is 0. The molecule has 0 aromatic carbocycles. The summed E-state index contributed by atoms with van der Waals surface area (Å²) in [4.78, 5) is 0. The molecule has 0 unspecified atom stereocenters. The Morgan fingerprint density at radius 1 is 0.667 bits per heavy atom. The van der Waals surface area contributed by atoms with E-state index in [-0.39, 0.29) is 29.7 Å².